The highest BCUT2D eigenvalue weighted by atomic mass is 35.5. The summed E-state index contributed by atoms with van der Waals surface area (Å²) in [6.45, 7) is 5.76. The summed E-state index contributed by atoms with van der Waals surface area (Å²) in [5.74, 6) is -0.658. The van der Waals surface area contributed by atoms with Crippen molar-refractivity contribution in [2.24, 2.45) is 0 Å². The number of carboxylic acids is 1. The average molecular weight is 362 g/mol. The number of thiol groups is 1. The number of alkyl carbamates (subject to hydrolysis) is 1. The van der Waals surface area contributed by atoms with E-state index in [2.05, 4.69) is 17.9 Å². The topological polar surface area (TPSA) is 84.9 Å². The van der Waals surface area contributed by atoms with Gasteiger partial charge in [-0.3, -0.25) is 4.79 Å². The molecule has 128 valence electrons. The highest BCUT2D eigenvalue weighted by Gasteiger charge is 2.19. The van der Waals surface area contributed by atoms with Gasteiger partial charge in [0.1, 0.15) is 23.2 Å². The lowest BCUT2D eigenvalue weighted by Crippen LogP contribution is -2.34. The van der Waals surface area contributed by atoms with Crippen molar-refractivity contribution < 1.29 is 24.2 Å². The number of hydrogen-bond donors (Lipinski definition) is 3. The lowest BCUT2D eigenvalue weighted by molar-refractivity contribution is -0.136. The van der Waals surface area contributed by atoms with Crippen molar-refractivity contribution >= 4 is 36.3 Å². The zero-order valence-corrected chi connectivity index (χ0v) is 14.8. The molecule has 0 saturated carbocycles. The van der Waals surface area contributed by atoms with Gasteiger partial charge in [-0.05, 0) is 44.5 Å². The molecule has 0 radical (unpaired) electrons. The maximum atomic E-state index is 11.5. The first kappa shape index (κ1) is 19.4. The molecule has 6 nitrogen and oxygen atoms in total. The first-order valence-electron chi connectivity index (χ1n) is 6.90. The summed E-state index contributed by atoms with van der Waals surface area (Å²) in [4.78, 5) is 22.4. The van der Waals surface area contributed by atoms with E-state index in [0.717, 1.165) is 0 Å². The summed E-state index contributed by atoms with van der Waals surface area (Å²) in [7, 11) is 0. The van der Waals surface area contributed by atoms with Gasteiger partial charge in [-0.2, -0.15) is 12.6 Å². The van der Waals surface area contributed by atoms with Gasteiger partial charge in [0, 0.05) is 5.02 Å². The normalized spacial score (nSPS) is 12.4. The Hall–Kier alpha value is -1.60. The molecule has 8 heteroatoms. The van der Waals surface area contributed by atoms with Crippen LogP contribution < -0.4 is 10.1 Å². The number of ether oxygens (including phenoxy) is 2. The van der Waals surface area contributed by atoms with E-state index in [9.17, 15) is 9.59 Å². The molecule has 1 aromatic rings. The van der Waals surface area contributed by atoms with E-state index < -0.39 is 22.9 Å². The molecule has 0 spiro atoms. The maximum absolute atomic E-state index is 11.5. The molecule has 0 aliphatic carbocycles. The van der Waals surface area contributed by atoms with Crippen molar-refractivity contribution in [1.29, 1.82) is 0 Å². The van der Waals surface area contributed by atoms with Crippen LogP contribution in [0.15, 0.2) is 18.2 Å². The Labute approximate surface area is 145 Å². The number of carbonyl (C=O) groups excluding carboxylic acids is 1. The predicted octanol–water partition coefficient (Wildman–Crippen LogP) is 3.30. The summed E-state index contributed by atoms with van der Waals surface area (Å²) in [5.41, 5.74) is -0.214. The number of rotatable bonds is 6. The van der Waals surface area contributed by atoms with Gasteiger partial charge in [0.05, 0.1) is 6.54 Å². The number of carboxylic acid groups (broad SMARTS) is 1. The second-order valence-corrected chi connectivity index (χ2v) is 6.62. The molecule has 0 bridgehead atoms. The van der Waals surface area contributed by atoms with Crippen LogP contribution in [0, 0.1) is 0 Å². The summed E-state index contributed by atoms with van der Waals surface area (Å²) >= 11 is 9.95. The highest BCUT2D eigenvalue weighted by Crippen LogP contribution is 2.31. The number of benzene rings is 1. The van der Waals surface area contributed by atoms with Gasteiger partial charge in [-0.25, -0.2) is 4.79 Å². The predicted molar refractivity (Wildman–Crippen MR) is 90.5 cm³/mol. The lowest BCUT2D eigenvalue weighted by atomic mass is 10.1. The minimum Gasteiger partial charge on any atom is -0.492 e. The van der Waals surface area contributed by atoms with E-state index >= 15 is 0 Å². The molecule has 1 unspecified atom stereocenters. The number of amides is 1. The third-order valence-corrected chi connectivity index (χ3v) is 3.38. The third-order valence-electron chi connectivity index (χ3n) is 2.53. The molecule has 2 N–H and O–H groups in total. The summed E-state index contributed by atoms with van der Waals surface area (Å²) in [6.07, 6.45) is -0.529. The molecule has 0 fully saturated rings. The first-order valence-corrected chi connectivity index (χ1v) is 7.79. The quantitative estimate of drug-likeness (QED) is 0.534. The van der Waals surface area contributed by atoms with Gasteiger partial charge in [0.2, 0.25) is 0 Å². The molecule has 1 atom stereocenters. The van der Waals surface area contributed by atoms with Crippen LogP contribution in [0.3, 0.4) is 0 Å². The largest absolute Gasteiger partial charge is 0.492 e. The summed E-state index contributed by atoms with van der Waals surface area (Å²) < 4.78 is 10.5. The van der Waals surface area contributed by atoms with Crippen molar-refractivity contribution in [1.82, 2.24) is 5.32 Å². The maximum Gasteiger partial charge on any atom is 0.407 e. The second-order valence-electron chi connectivity index (χ2n) is 5.70. The second kappa shape index (κ2) is 8.31. The van der Waals surface area contributed by atoms with Gasteiger partial charge < -0.3 is 19.9 Å². The Morgan fingerprint density at radius 1 is 1.39 bits per heavy atom. The first-order chi connectivity index (χ1) is 10.6. The van der Waals surface area contributed by atoms with Gasteiger partial charge in [0.25, 0.3) is 0 Å². The van der Waals surface area contributed by atoms with Crippen LogP contribution in [0.25, 0.3) is 0 Å². The fourth-order valence-corrected chi connectivity index (χ4v) is 2.11. The van der Waals surface area contributed by atoms with Crippen LogP contribution in [0.5, 0.6) is 5.75 Å². The smallest absolute Gasteiger partial charge is 0.407 e. The average Bonchev–Trinajstić information content (AvgIpc) is 2.42. The molecule has 0 aliphatic rings. The Kier molecular flexibility index (Phi) is 7.02. The lowest BCUT2D eigenvalue weighted by Gasteiger charge is -2.19. The number of carbonyl (C=O) groups is 2. The molecule has 0 saturated heterocycles. The Bertz CT molecular complexity index is 573. The molecular weight excluding hydrogens is 342 g/mol. The van der Waals surface area contributed by atoms with Crippen LogP contribution in [0.1, 0.15) is 31.6 Å². The van der Waals surface area contributed by atoms with E-state index in [4.69, 9.17) is 26.2 Å². The molecule has 1 aromatic carbocycles. The van der Waals surface area contributed by atoms with E-state index in [0.29, 0.717) is 16.3 Å². The molecular formula is C15H20ClNO5S. The Morgan fingerprint density at radius 2 is 2.04 bits per heavy atom. The number of hydrogen-bond acceptors (Lipinski definition) is 5. The Morgan fingerprint density at radius 3 is 2.61 bits per heavy atom. The van der Waals surface area contributed by atoms with Crippen LogP contribution in [-0.4, -0.2) is 35.9 Å². The SMILES string of the molecule is CC(C)(C)OC(=O)NCCOc1ccc(Cl)c(C(S)C(=O)O)c1. The number of halogens is 1. The van der Waals surface area contributed by atoms with Crippen molar-refractivity contribution in [3.63, 3.8) is 0 Å². The number of nitrogens with one attached hydrogen (secondary N) is 1. The summed E-state index contributed by atoms with van der Waals surface area (Å²) in [5, 5.41) is 10.8. The molecule has 0 aromatic heterocycles. The van der Waals surface area contributed by atoms with Gasteiger partial charge >= 0.3 is 12.1 Å². The standard InChI is InChI=1S/C15H20ClNO5S/c1-15(2,3)22-14(20)17-6-7-21-9-4-5-11(16)10(8-9)12(23)13(18)19/h4-5,8,12,23H,6-7H2,1-3H3,(H,17,20)(H,18,19). The van der Waals surface area contributed by atoms with E-state index in [1.54, 1.807) is 32.9 Å². The zero-order chi connectivity index (χ0) is 17.6. The van der Waals surface area contributed by atoms with E-state index in [1.165, 1.54) is 6.07 Å². The summed E-state index contributed by atoms with van der Waals surface area (Å²) in [6, 6.07) is 4.67. The third kappa shape index (κ3) is 7.00. The van der Waals surface area contributed by atoms with Gasteiger partial charge in [-0.15, -0.1) is 0 Å². The van der Waals surface area contributed by atoms with E-state index in [1.807, 2.05) is 0 Å². The van der Waals surface area contributed by atoms with Crippen molar-refractivity contribution in [3.8, 4) is 5.75 Å². The minimum atomic E-state index is -1.10. The van der Waals surface area contributed by atoms with E-state index in [-0.39, 0.29) is 13.2 Å². The molecule has 1 rings (SSSR count). The van der Waals surface area contributed by atoms with Crippen LogP contribution in [0.2, 0.25) is 5.02 Å². The molecule has 23 heavy (non-hydrogen) atoms. The van der Waals surface area contributed by atoms with Crippen molar-refractivity contribution in [2.75, 3.05) is 13.2 Å². The molecule has 1 amide bonds. The van der Waals surface area contributed by atoms with Crippen LogP contribution in [-0.2, 0) is 9.53 Å². The fraction of sp³-hybridized carbons (Fsp3) is 0.467. The number of aliphatic carboxylic acids is 1. The van der Waals surface area contributed by atoms with Gasteiger partial charge in [0.15, 0.2) is 0 Å². The van der Waals surface area contributed by atoms with Crippen molar-refractivity contribution in [3.05, 3.63) is 28.8 Å². The highest BCUT2D eigenvalue weighted by molar-refractivity contribution is 7.81. The molecule has 0 heterocycles. The Balaban J connectivity index is 2.51. The van der Waals surface area contributed by atoms with Crippen LogP contribution >= 0.6 is 24.2 Å². The van der Waals surface area contributed by atoms with Crippen LogP contribution in [0.4, 0.5) is 4.79 Å². The van der Waals surface area contributed by atoms with Crippen molar-refractivity contribution in [2.45, 2.75) is 31.6 Å². The monoisotopic (exact) mass is 361 g/mol. The fourth-order valence-electron chi connectivity index (χ4n) is 1.59. The minimum absolute atomic E-state index is 0.199. The molecule has 0 aliphatic heterocycles. The zero-order valence-electron chi connectivity index (χ0n) is 13.1. The van der Waals surface area contributed by atoms with Gasteiger partial charge in [-0.1, -0.05) is 11.6 Å².